The van der Waals surface area contributed by atoms with Gasteiger partial charge in [0.05, 0.1) is 40.4 Å². The number of hydrogen-bond donors (Lipinski definition) is 1. The van der Waals surface area contributed by atoms with Crippen molar-refractivity contribution < 1.29 is 32.2 Å². The van der Waals surface area contributed by atoms with E-state index in [0.717, 1.165) is 17.7 Å². The second-order valence-corrected chi connectivity index (χ2v) is 9.02. The van der Waals surface area contributed by atoms with Gasteiger partial charge in [0, 0.05) is 25.4 Å². The number of halogens is 3. The summed E-state index contributed by atoms with van der Waals surface area (Å²) >= 11 is 0. The fourth-order valence-electron chi connectivity index (χ4n) is 4.58. The maximum absolute atomic E-state index is 13.2. The Labute approximate surface area is 222 Å². The summed E-state index contributed by atoms with van der Waals surface area (Å²) in [5, 5.41) is 3.87. The van der Waals surface area contributed by atoms with Crippen LogP contribution in [0.5, 0.6) is 17.2 Å². The molecule has 1 N–H and O–H groups in total. The van der Waals surface area contributed by atoms with Crippen LogP contribution in [0.25, 0.3) is 10.9 Å². The lowest BCUT2D eigenvalue weighted by atomic mass is 10.1. The number of fused-ring (bicyclic) bond motifs is 2. The molecule has 0 aliphatic carbocycles. The van der Waals surface area contributed by atoms with Gasteiger partial charge in [-0.1, -0.05) is 18.2 Å². The molecule has 0 unspecified atom stereocenters. The Kier molecular flexibility index (Phi) is 6.86. The predicted octanol–water partition coefficient (Wildman–Crippen LogP) is 6.46. The van der Waals surface area contributed by atoms with Gasteiger partial charge in [0.2, 0.25) is 0 Å². The summed E-state index contributed by atoms with van der Waals surface area (Å²) in [6, 6.07) is 14.8. The number of alkyl halides is 3. The Morgan fingerprint density at radius 3 is 2.36 bits per heavy atom. The van der Waals surface area contributed by atoms with E-state index in [1.165, 1.54) is 24.1 Å². The maximum Gasteiger partial charge on any atom is 0.416 e. The molecule has 200 valence electrons. The number of carbonyl (C=O) groups excluding carboxylic acids is 2. The molecule has 1 aliphatic heterocycles. The van der Waals surface area contributed by atoms with E-state index < -0.39 is 11.7 Å². The van der Waals surface area contributed by atoms with Gasteiger partial charge >= 0.3 is 6.18 Å². The summed E-state index contributed by atoms with van der Waals surface area (Å²) in [6.07, 6.45) is -2.41. The zero-order valence-electron chi connectivity index (χ0n) is 21.1. The molecule has 5 rings (SSSR count). The van der Waals surface area contributed by atoms with Crippen molar-refractivity contribution in [2.45, 2.75) is 19.5 Å². The van der Waals surface area contributed by atoms with Gasteiger partial charge < -0.3 is 14.8 Å². The fraction of sp³-hybridized carbons (Fsp3) is 0.207. The zero-order valence-corrected chi connectivity index (χ0v) is 21.1. The first-order valence-electron chi connectivity index (χ1n) is 12.2. The molecule has 0 spiro atoms. The van der Waals surface area contributed by atoms with Gasteiger partial charge in [0.25, 0.3) is 11.8 Å². The summed E-state index contributed by atoms with van der Waals surface area (Å²) in [5.74, 6) is -0.0607. The number of carbonyl (C=O) groups is 2. The van der Waals surface area contributed by atoms with Crippen LogP contribution in [0.3, 0.4) is 0 Å². The Morgan fingerprint density at radius 1 is 0.974 bits per heavy atom. The molecular weight excluding hydrogens is 511 g/mol. The van der Waals surface area contributed by atoms with Crippen LogP contribution >= 0.6 is 0 Å². The molecule has 0 fully saturated rings. The average Bonchev–Trinajstić information content (AvgIpc) is 3.16. The molecule has 3 aromatic carbocycles. The molecule has 0 atom stereocenters. The van der Waals surface area contributed by atoms with Crippen molar-refractivity contribution in [2.24, 2.45) is 0 Å². The highest BCUT2D eigenvalue weighted by Gasteiger charge is 2.34. The molecule has 1 aromatic heterocycles. The van der Waals surface area contributed by atoms with Crippen molar-refractivity contribution >= 4 is 28.4 Å². The van der Waals surface area contributed by atoms with Crippen molar-refractivity contribution in [1.29, 1.82) is 0 Å². The standard InChI is InChI=1S/C29H24F3N3O4/c1-17-11-13-34-25-22(33-12-6-14-35-27(36)20-9-3-4-10-21(20)28(35)37)16-23(38-2)26(24(17)25)39-19-8-5-7-18(15-19)29(30,31)32/h3-5,7-11,13,15-16,33H,6,12,14H2,1-2H3. The highest BCUT2D eigenvalue weighted by molar-refractivity contribution is 6.21. The second-order valence-electron chi connectivity index (χ2n) is 9.02. The fourth-order valence-corrected chi connectivity index (χ4v) is 4.58. The summed E-state index contributed by atoms with van der Waals surface area (Å²) < 4.78 is 51.2. The largest absolute Gasteiger partial charge is 0.493 e. The number of pyridine rings is 1. The zero-order chi connectivity index (χ0) is 27.7. The Morgan fingerprint density at radius 2 is 1.69 bits per heavy atom. The molecule has 2 heterocycles. The highest BCUT2D eigenvalue weighted by atomic mass is 19.4. The van der Waals surface area contributed by atoms with E-state index in [4.69, 9.17) is 9.47 Å². The van der Waals surface area contributed by atoms with Crippen LogP contribution in [0.4, 0.5) is 18.9 Å². The molecule has 4 aromatic rings. The SMILES string of the molecule is COc1cc(NCCCN2C(=O)c3ccccc3C2=O)c2nccc(C)c2c1Oc1cccc(C(F)(F)F)c1. The minimum absolute atomic E-state index is 0.00864. The lowest BCUT2D eigenvalue weighted by Crippen LogP contribution is -2.31. The number of aromatic nitrogens is 1. The lowest BCUT2D eigenvalue weighted by molar-refractivity contribution is -0.137. The summed E-state index contributed by atoms with van der Waals surface area (Å²) in [5.41, 5.74) is 1.93. The number of imide groups is 1. The van der Waals surface area contributed by atoms with Crippen LogP contribution in [0.2, 0.25) is 0 Å². The second kappa shape index (κ2) is 10.3. The number of rotatable bonds is 8. The Hall–Kier alpha value is -4.60. The number of aryl methyl sites for hydroxylation is 1. The number of ether oxygens (including phenoxy) is 2. The van der Waals surface area contributed by atoms with Gasteiger partial charge in [-0.25, -0.2) is 0 Å². The molecule has 0 radical (unpaired) electrons. The van der Waals surface area contributed by atoms with Gasteiger partial charge in [-0.15, -0.1) is 0 Å². The number of anilines is 1. The number of nitrogens with zero attached hydrogens (tertiary/aromatic N) is 2. The van der Waals surface area contributed by atoms with E-state index in [1.54, 1.807) is 42.6 Å². The van der Waals surface area contributed by atoms with Gasteiger partial charge in [0.1, 0.15) is 5.75 Å². The van der Waals surface area contributed by atoms with Gasteiger partial charge in [0.15, 0.2) is 11.5 Å². The van der Waals surface area contributed by atoms with E-state index in [2.05, 4.69) is 10.3 Å². The first kappa shape index (κ1) is 26.0. The molecule has 39 heavy (non-hydrogen) atoms. The van der Waals surface area contributed by atoms with Crippen LogP contribution < -0.4 is 14.8 Å². The minimum Gasteiger partial charge on any atom is -0.493 e. The average molecular weight is 536 g/mol. The third-order valence-electron chi connectivity index (χ3n) is 6.49. The normalized spacial score (nSPS) is 13.1. The van der Waals surface area contributed by atoms with E-state index in [1.807, 2.05) is 6.92 Å². The van der Waals surface area contributed by atoms with E-state index in [0.29, 0.717) is 46.4 Å². The topological polar surface area (TPSA) is 80.8 Å². The quantitative estimate of drug-likeness (QED) is 0.206. The molecular formula is C29H24F3N3O4. The first-order valence-corrected chi connectivity index (χ1v) is 12.2. The molecule has 7 nitrogen and oxygen atoms in total. The number of methoxy groups -OCH3 is 1. The molecule has 0 bridgehead atoms. The van der Waals surface area contributed by atoms with E-state index >= 15 is 0 Å². The summed E-state index contributed by atoms with van der Waals surface area (Å²) in [4.78, 5) is 30.9. The van der Waals surface area contributed by atoms with Crippen molar-refractivity contribution in [3.63, 3.8) is 0 Å². The molecule has 1 aliphatic rings. The maximum atomic E-state index is 13.2. The van der Waals surface area contributed by atoms with Crippen molar-refractivity contribution in [2.75, 3.05) is 25.5 Å². The molecule has 0 saturated heterocycles. The Bertz CT molecular complexity index is 1550. The predicted molar refractivity (Wildman–Crippen MR) is 139 cm³/mol. The minimum atomic E-state index is -4.51. The Balaban J connectivity index is 1.38. The third-order valence-corrected chi connectivity index (χ3v) is 6.49. The van der Waals surface area contributed by atoms with Crippen LogP contribution in [0.15, 0.2) is 66.9 Å². The highest BCUT2D eigenvalue weighted by Crippen LogP contribution is 2.44. The van der Waals surface area contributed by atoms with Gasteiger partial charge in [-0.05, 0) is 55.3 Å². The van der Waals surface area contributed by atoms with Crippen LogP contribution in [-0.4, -0.2) is 41.9 Å². The number of benzene rings is 3. The first-order chi connectivity index (χ1) is 18.7. The number of nitrogens with one attached hydrogen (secondary N) is 1. The number of amides is 2. The summed E-state index contributed by atoms with van der Waals surface area (Å²) in [7, 11) is 1.44. The van der Waals surface area contributed by atoms with Crippen molar-refractivity contribution in [3.05, 3.63) is 89.1 Å². The molecule has 2 amide bonds. The number of hydrogen-bond acceptors (Lipinski definition) is 6. The summed E-state index contributed by atoms with van der Waals surface area (Å²) in [6.45, 7) is 2.49. The molecule has 10 heteroatoms. The van der Waals surface area contributed by atoms with Crippen LogP contribution in [0.1, 0.15) is 38.3 Å². The van der Waals surface area contributed by atoms with Gasteiger partial charge in [-0.2, -0.15) is 13.2 Å². The van der Waals surface area contributed by atoms with Crippen molar-refractivity contribution in [3.8, 4) is 17.2 Å². The van der Waals surface area contributed by atoms with Crippen LogP contribution in [0, 0.1) is 6.92 Å². The van der Waals surface area contributed by atoms with Crippen LogP contribution in [-0.2, 0) is 6.18 Å². The van der Waals surface area contributed by atoms with Crippen molar-refractivity contribution in [1.82, 2.24) is 9.88 Å². The van der Waals surface area contributed by atoms with Gasteiger partial charge in [-0.3, -0.25) is 19.5 Å². The third kappa shape index (κ3) is 4.97. The monoisotopic (exact) mass is 535 g/mol. The van der Waals surface area contributed by atoms with E-state index in [9.17, 15) is 22.8 Å². The lowest BCUT2D eigenvalue weighted by Gasteiger charge is -2.19. The molecule has 0 saturated carbocycles. The smallest absolute Gasteiger partial charge is 0.416 e. The van der Waals surface area contributed by atoms with E-state index in [-0.39, 0.29) is 29.9 Å².